The van der Waals surface area contributed by atoms with E-state index in [2.05, 4.69) is 16.6 Å². The van der Waals surface area contributed by atoms with E-state index in [0.29, 0.717) is 42.9 Å². The Kier molecular flexibility index (Phi) is 6.85. The third-order valence-electron chi connectivity index (χ3n) is 5.67. The molecule has 9 heteroatoms. The van der Waals surface area contributed by atoms with Crippen LogP contribution in [0.2, 0.25) is 0 Å². The number of hydrogen-bond donors (Lipinski definition) is 1. The largest absolute Gasteiger partial charge is 0.485 e. The molecule has 1 unspecified atom stereocenters. The van der Waals surface area contributed by atoms with Crippen molar-refractivity contribution in [3.63, 3.8) is 0 Å². The van der Waals surface area contributed by atoms with Crippen molar-refractivity contribution in [1.29, 1.82) is 0 Å². The number of anilines is 1. The van der Waals surface area contributed by atoms with Gasteiger partial charge >= 0.3 is 0 Å². The molecule has 2 aliphatic rings. The fourth-order valence-corrected chi connectivity index (χ4v) is 4.51. The number of nitrogens with one attached hydrogen (secondary N) is 1. The van der Waals surface area contributed by atoms with E-state index in [0.717, 1.165) is 35.5 Å². The Labute approximate surface area is 208 Å². The van der Waals surface area contributed by atoms with Gasteiger partial charge in [-0.25, -0.2) is 4.98 Å². The standard InChI is InChI=1S/C26H27N3O5S/c1-3-4-14-31-25-13-12-21(17(2)27-25)34-22-7-5-6-20-23(16-32-26(20)22)33-19-10-8-18(9-11-19)29-15-24(30)28-35-29/h5-13,23H,3-4,14-16H2,1-2H3,(H,28,30). The lowest BCUT2D eigenvalue weighted by atomic mass is 10.1. The molecule has 0 spiro atoms. The molecule has 8 nitrogen and oxygen atoms in total. The van der Waals surface area contributed by atoms with E-state index in [4.69, 9.17) is 18.9 Å². The van der Waals surface area contributed by atoms with Crippen LogP contribution in [-0.4, -0.2) is 30.6 Å². The molecule has 35 heavy (non-hydrogen) atoms. The highest BCUT2D eigenvalue weighted by Crippen LogP contribution is 2.44. The van der Waals surface area contributed by atoms with Crippen molar-refractivity contribution >= 4 is 23.7 Å². The van der Waals surface area contributed by atoms with E-state index < -0.39 is 0 Å². The average molecular weight is 494 g/mol. The third-order valence-corrected chi connectivity index (χ3v) is 6.55. The molecule has 1 amide bonds. The van der Waals surface area contributed by atoms with Crippen LogP contribution < -0.4 is 28.0 Å². The van der Waals surface area contributed by atoms with Gasteiger partial charge in [-0.15, -0.1) is 0 Å². The number of amides is 1. The lowest BCUT2D eigenvalue weighted by Crippen LogP contribution is -2.15. The summed E-state index contributed by atoms with van der Waals surface area (Å²) in [6, 6.07) is 17.2. The van der Waals surface area contributed by atoms with Crippen molar-refractivity contribution in [3.8, 4) is 28.9 Å². The molecule has 1 fully saturated rings. The predicted molar refractivity (Wildman–Crippen MR) is 134 cm³/mol. The second kappa shape index (κ2) is 10.4. The van der Waals surface area contributed by atoms with E-state index in [1.807, 2.05) is 65.8 Å². The smallest absolute Gasteiger partial charge is 0.251 e. The van der Waals surface area contributed by atoms with Gasteiger partial charge in [0.25, 0.3) is 5.91 Å². The number of nitrogens with zero attached hydrogens (tertiary/aromatic N) is 2. The summed E-state index contributed by atoms with van der Waals surface area (Å²) in [6.07, 6.45) is 1.82. The summed E-state index contributed by atoms with van der Waals surface area (Å²) >= 11 is 1.29. The third kappa shape index (κ3) is 5.24. The fraction of sp³-hybridized carbons (Fsp3) is 0.308. The molecule has 1 aromatic heterocycles. The summed E-state index contributed by atoms with van der Waals surface area (Å²) in [5.41, 5.74) is 2.61. The first-order valence-electron chi connectivity index (χ1n) is 11.6. The molecule has 0 saturated carbocycles. The van der Waals surface area contributed by atoms with Crippen LogP contribution in [0.3, 0.4) is 0 Å². The van der Waals surface area contributed by atoms with Gasteiger partial charge in [-0.1, -0.05) is 25.5 Å². The molecule has 2 aromatic carbocycles. The summed E-state index contributed by atoms with van der Waals surface area (Å²) in [5, 5.41) is 0. The van der Waals surface area contributed by atoms with Crippen molar-refractivity contribution in [2.75, 3.05) is 24.1 Å². The Morgan fingerprint density at radius 2 is 2.00 bits per heavy atom. The van der Waals surface area contributed by atoms with Crippen molar-refractivity contribution < 1.29 is 23.7 Å². The van der Waals surface area contributed by atoms with Crippen LogP contribution in [0.5, 0.6) is 28.9 Å². The Bertz CT molecular complexity index is 1200. The van der Waals surface area contributed by atoms with Gasteiger partial charge in [0.15, 0.2) is 17.6 Å². The van der Waals surface area contributed by atoms with Crippen LogP contribution in [0.1, 0.15) is 37.1 Å². The maximum absolute atomic E-state index is 11.4. The highest BCUT2D eigenvalue weighted by molar-refractivity contribution is 7.99. The molecular formula is C26H27N3O5S. The number of ether oxygens (including phenoxy) is 4. The molecule has 5 rings (SSSR count). The number of para-hydroxylation sites is 1. The molecule has 0 bridgehead atoms. The van der Waals surface area contributed by atoms with E-state index >= 15 is 0 Å². The first-order valence-corrected chi connectivity index (χ1v) is 12.4. The van der Waals surface area contributed by atoms with Gasteiger partial charge in [-0.05, 0) is 49.7 Å². The number of rotatable bonds is 9. The zero-order valence-corrected chi connectivity index (χ0v) is 20.5. The molecule has 1 saturated heterocycles. The van der Waals surface area contributed by atoms with Crippen LogP contribution in [0.15, 0.2) is 54.6 Å². The van der Waals surface area contributed by atoms with Gasteiger partial charge in [0.1, 0.15) is 24.7 Å². The SMILES string of the molecule is CCCCOc1ccc(Oc2cccc3c2OCC3Oc2ccc(N3CC(=O)NS3)cc2)c(C)n1. The number of carbonyl (C=O) groups is 1. The summed E-state index contributed by atoms with van der Waals surface area (Å²) < 4.78 is 28.7. The number of carbonyl (C=O) groups excluding carboxylic acids is 1. The van der Waals surface area contributed by atoms with E-state index in [1.54, 1.807) is 0 Å². The minimum Gasteiger partial charge on any atom is -0.485 e. The van der Waals surface area contributed by atoms with E-state index in [9.17, 15) is 4.79 Å². The minimum atomic E-state index is -0.252. The maximum atomic E-state index is 11.4. The zero-order chi connectivity index (χ0) is 24.2. The number of hydrogen-bond acceptors (Lipinski definition) is 8. The van der Waals surface area contributed by atoms with Crippen molar-refractivity contribution in [2.45, 2.75) is 32.8 Å². The number of pyridine rings is 1. The number of unbranched alkanes of at least 4 members (excludes halogenated alkanes) is 1. The van der Waals surface area contributed by atoms with Gasteiger partial charge in [-0.3, -0.25) is 13.8 Å². The van der Waals surface area contributed by atoms with Gasteiger partial charge in [0.05, 0.1) is 24.4 Å². The second-order valence-corrected chi connectivity index (χ2v) is 9.10. The molecule has 1 N–H and O–H groups in total. The molecule has 1 atom stereocenters. The highest BCUT2D eigenvalue weighted by Gasteiger charge is 2.29. The Morgan fingerprint density at radius 1 is 1.14 bits per heavy atom. The van der Waals surface area contributed by atoms with Crippen molar-refractivity contribution in [1.82, 2.24) is 9.71 Å². The zero-order valence-electron chi connectivity index (χ0n) is 19.7. The van der Waals surface area contributed by atoms with E-state index in [-0.39, 0.29) is 12.0 Å². The molecule has 0 radical (unpaired) electrons. The maximum Gasteiger partial charge on any atom is 0.251 e. The lowest BCUT2D eigenvalue weighted by Gasteiger charge is -2.16. The lowest BCUT2D eigenvalue weighted by molar-refractivity contribution is -0.117. The first-order chi connectivity index (χ1) is 17.1. The van der Waals surface area contributed by atoms with Crippen LogP contribution in [0.25, 0.3) is 0 Å². The number of fused-ring (bicyclic) bond motifs is 1. The average Bonchev–Trinajstić information content (AvgIpc) is 3.48. The summed E-state index contributed by atoms with van der Waals surface area (Å²) in [6.45, 7) is 5.40. The highest BCUT2D eigenvalue weighted by atomic mass is 32.2. The van der Waals surface area contributed by atoms with Crippen molar-refractivity contribution in [2.24, 2.45) is 0 Å². The number of aryl methyl sites for hydroxylation is 1. The Morgan fingerprint density at radius 3 is 2.74 bits per heavy atom. The topological polar surface area (TPSA) is 82.2 Å². The van der Waals surface area contributed by atoms with Gasteiger partial charge in [0, 0.05) is 17.3 Å². The molecule has 0 aliphatic carbocycles. The molecule has 182 valence electrons. The normalized spacial score (nSPS) is 16.5. The fourth-order valence-electron chi connectivity index (χ4n) is 3.82. The minimum absolute atomic E-state index is 0.00436. The second-order valence-electron chi connectivity index (χ2n) is 8.28. The predicted octanol–water partition coefficient (Wildman–Crippen LogP) is 5.37. The summed E-state index contributed by atoms with van der Waals surface area (Å²) in [4.78, 5) is 15.9. The Balaban J connectivity index is 1.26. The monoisotopic (exact) mass is 493 g/mol. The molecule has 3 heterocycles. The summed E-state index contributed by atoms with van der Waals surface area (Å²) in [5.74, 6) is 3.27. The Hall–Kier alpha value is -3.59. The summed E-state index contributed by atoms with van der Waals surface area (Å²) in [7, 11) is 0. The van der Waals surface area contributed by atoms with Crippen molar-refractivity contribution in [3.05, 3.63) is 65.9 Å². The van der Waals surface area contributed by atoms with Gasteiger partial charge in [0.2, 0.25) is 5.88 Å². The van der Waals surface area contributed by atoms with Crippen LogP contribution in [-0.2, 0) is 4.79 Å². The van der Waals surface area contributed by atoms with Crippen LogP contribution in [0, 0.1) is 6.92 Å². The molecular weight excluding hydrogens is 466 g/mol. The molecule has 3 aromatic rings. The quantitative estimate of drug-likeness (QED) is 0.315. The van der Waals surface area contributed by atoms with Gasteiger partial charge < -0.3 is 18.9 Å². The number of benzene rings is 2. The first kappa shape index (κ1) is 23.2. The van der Waals surface area contributed by atoms with Crippen LogP contribution in [0.4, 0.5) is 5.69 Å². The van der Waals surface area contributed by atoms with E-state index in [1.165, 1.54) is 12.1 Å². The number of aromatic nitrogens is 1. The van der Waals surface area contributed by atoms with Crippen LogP contribution >= 0.6 is 12.1 Å². The van der Waals surface area contributed by atoms with Gasteiger partial charge in [-0.2, -0.15) is 0 Å². The molecule has 2 aliphatic heterocycles.